The first-order valence-corrected chi connectivity index (χ1v) is 13.8. The van der Waals surface area contributed by atoms with Gasteiger partial charge in [-0.25, -0.2) is 15.4 Å². The van der Waals surface area contributed by atoms with Crippen LogP contribution in [0.5, 0.6) is 11.5 Å². The summed E-state index contributed by atoms with van der Waals surface area (Å²) in [6.07, 6.45) is 2.31. The molecule has 3 aromatic rings. The minimum Gasteiger partial charge on any atom is -0.494 e. The monoisotopic (exact) mass is 541 g/mol. The zero-order valence-corrected chi connectivity index (χ0v) is 23.4. The molecule has 0 bridgehead atoms. The molecule has 208 valence electrons. The third-order valence-electron chi connectivity index (χ3n) is 7.39. The second kappa shape index (κ2) is 11.9. The number of benzene rings is 2. The number of aryl methyl sites for hydroxylation is 1. The molecule has 2 amide bonds. The first-order valence-electron chi connectivity index (χ1n) is 13.8. The maximum Gasteiger partial charge on any atom is 0.243 e. The van der Waals surface area contributed by atoms with Crippen LogP contribution in [0.25, 0.3) is 10.9 Å². The van der Waals surface area contributed by atoms with Gasteiger partial charge in [-0.1, -0.05) is 26.8 Å². The van der Waals surface area contributed by atoms with Crippen molar-refractivity contribution in [3.05, 3.63) is 65.4 Å². The van der Waals surface area contributed by atoms with E-state index in [1.165, 1.54) is 0 Å². The molecule has 0 aliphatic carbocycles. The zero-order chi connectivity index (χ0) is 28.2. The van der Waals surface area contributed by atoms with E-state index in [9.17, 15) is 9.59 Å². The fraction of sp³-hybridized carbons (Fsp3) is 0.387. The number of hydrogen-bond acceptors (Lipinski definition) is 7. The summed E-state index contributed by atoms with van der Waals surface area (Å²) in [6, 6.07) is 15.8. The lowest BCUT2D eigenvalue weighted by Crippen LogP contribution is -2.37. The Balaban J connectivity index is 1.25. The first-order chi connectivity index (χ1) is 19.4. The number of ether oxygens (including phenoxy) is 2. The van der Waals surface area contributed by atoms with Crippen LogP contribution >= 0.6 is 0 Å². The van der Waals surface area contributed by atoms with Crippen molar-refractivity contribution < 1.29 is 19.1 Å². The highest BCUT2D eigenvalue weighted by Gasteiger charge is 2.28. The van der Waals surface area contributed by atoms with Gasteiger partial charge in [-0.2, -0.15) is 10.2 Å². The van der Waals surface area contributed by atoms with Crippen molar-refractivity contribution in [3.8, 4) is 11.5 Å². The molecule has 9 heteroatoms. The lowest BCUT2D eigenvalue weighted by atomic mass is 9.91. The van der Waals surface area contributed by atoms with E-state index in [1.54, 1.807) is 12.1 Å². The van der Waals surface area contributed by atoms with Crippen LogP contribution in [0.2, 0.25) is 0 Å². The van der Waals surface area contributed by atoms with Crippen molar-refractivity contribution >= 4 is 34.1 Å². The molecule has 2 aromatic carbocycles. The van der Waals surface area contributed by atoms with Gasteiger partial charge in [-0.05, 0) is 54.4 Å². The second-order valence-corrected chi connectivity index (χ2v) is 10.3. The van der Waals surface area contributed by atoms with Gasteiger partial charge in [0.15, 0.2) is 0 Å². The fourth-order valence-corrected chi connectivity index (χ4v) is 5.19. The van der Waals surface area contributed by atoms with Crippen molar-refractivity contribution in [2.45, 2.75) is 46.5 Å². The highest BCUT2D eigenvalue weighted by Crippen LogP contribution is 2.31. The van der Waals surface area contributed by atoms with Crippen molar-refractivity contribution in [1.29, 1.82) is 0 Å². The number of carbonyl (C=O) groups is 2. The summed E-state index contributed by atoms with van der Waals surface area (Å²) in [7, 11) is 1.65. The molecule has 2 unspecified atom stereocenters. The van der Waals surface area contributed by atoms with Gasteiger partial charge in [0.05, 0.1) is 25.1 Å². The molecular weight excluding hydrogens is 506 g/mol. The van der Waals surface area contributed by atoms with Crippen LogP contribution in [0.4, 0.5) is 0 Å². The number of fused-ring (bicyclic) bond motifs is 1. The molecule has 5 rings (SSSR count). The number of aromatic nitrogens is 1. The third kappa shape index (κ3) is 5.68. The van der Waals surface area contributed by atoms with Crippen molar-refractivity contribution in [2.75, 3.05) is 20.3 Å². The van der Waals surface area contributed by atoms with Crippen LogP contribution < -0.4 is 14.9 Å². The molecule has 2 aliphatic heterocycles. The molecule has 1 aromatic heterocycles. The number of carbonyl (C=O) groups excluding carboxylic acids is 2. The summed E-state index contributed by atoms with van der Waals surface area (Å²) in [6.45, 7) is 7.03. The largest absolute Gasteiger partial charge is 0.494 e. The molecule has 3 heterocycles. The number of nitrogens with one attached hydrogen (secondary N) is 1. The Bertz CT molecular complexity index is 1480. The van der Waals surface area contributed by atoms with Gasteiger partial charge in [0.25, 0.3) is 0 Å². The number of nitrogens with zero attached hydrogens (tertiary/aromatic N) is 4. The lowest BCUT2D eigenvalue weighted by molar-refractivity contribution is -0.132. The molecule has 0 spiro atoms. The minimum absolute atomic E-state index is 0.00855. The number of rotatable bonds is 9. The summed E-state index contributed by atoms with van der Waals surface area (Å²) in [5, 5.41) is 11.6. The number of hydrogen-bond donors (Lipinski definition) is 1. The molecule has 0 saturated carbocycles. The standard InChI is InChI=1S/C31H35N5O4/c1-5-22-9-12-25-24(13-14-26(39-4)31(25)32-22)30-20(3)18-28(38)36(35-30)15-6-16-40-23-10-7-21(8-11-23)29-19(2)17-27(37)33-34-29/h7-14,19-20H,5-6,15-18H2,1-4H3,(H,33,37). The smallest absolute Gasteiger partial charge is 0.243 e. The average molecular weight is 542 g/mol. The molecule has 0 radical (unpaired) electrons. The highest BCUT2D eigenvalue weighted by molar-refractivity contribution is 6.14. The lowest BCUT2D eigenvalue weighted by Gasteiger charge is -2.28. The zero-order valence-electron chi connectivity index (χ0n) is 23.4. The van der Waals surface area contributed by atoms with E-state index in [0.29, 0.717) is 32.4 Å². The van der Waals surface area contributed by atoms with E-state index in [-0.39, 0.29) is 23.7 Å². The third-order valence-corrected chi connectivity index (χ3v) is 7.39. The number of amides is 2. The van der Waals surface area contributed by atoms with Crippen molar-refractivity contribution in [1.82, 2.24) is 15.4 Å². The van der Waals surface area contributed by atoms with Crippen LogP contribution in [-0.2, 0) is 16.0 Å². The summed E-state index contributed by atoms with van der Waals surface area (Å²) in [5.41, 5.74) is 8.04. The summed E-state index contributed by atoms with van der Waals surface area (Å²) in [5.74, 6) is 1.48. The molecule has 2 atom stereocenters. The number of methoxy groups -OCH3 is 1. The normalized spacial score (nSPS) is 19.2. The molecule has 0 saturated heterocycles. The van der Waals surface area contributed by atoms with Crippen LogP contribution in [-0.4, -0.2) is 53.5 Å². The Morgan fingerprint density at radius 1 is 0.975 bits per heavy atom. The Hall–Kier alpha value is -4.27. The van der Waals surface area contributed by atoms with Crippen LogP contribution in [0.15, 0.2) is 58.7 Å². The quantitative estimate of drug-likeness (QED) is 0.395. The maximum absolute atomic E-state index is 12.8. The van der Waals surface area contributed by atoms with E-state index < -0.39 is 0 Å². The molecule has 0 fully saturated rings. The van der Waals surface area contributed by atoms with Gasteiger partial charge < -0.3 is 9.47 Å². The first kappa shape index (κ1) is 27.3. The number of hydrazone groups is 2. The van der Waals surface area contributed by atoms with E-state index >= 15 is 0 Å². The topological polar surface area (TPSA) is 105 Å². The Kier molecular flexibility index (Phi) is 8.09. The van der Waals surface area contributed by atoms with E-state index in [1.807, 2.05) is 56.3 Å². The van der Waals surface area contributed by atoms with E-state index in [4.69, 9.17) is 19.6 Å². The van der Waals surface area contributed by atoms with Gasteiger partial charge in [-0.15, -0.1) is 0 Å². The molecule has 40 heavy (non-hydrogen) atoms. The summed E-state index contributed by atoms with van der Waals surface area (Å²) >= 11 is 0. The Morgan fingerprint density at radius 3 is 2.48 bits per heavy atom. The molecule has 1 N–H and O–H groups in total. The number of pyridine rings is 1. The average Bonchev–Trinajstić information content (AvgIpc) is 2.96. The summed E-state index contributed by atoms with van der Waals surface area (Å²) < 4.78 is 11.5. The van der Waals surface area contributed by atoms with Gasteiger partial charge in [0, 0.05) is 54.3 Å². The Labute approximate surface area is 234 Å². The molecule has 2 aliphatic rings. The van der Waals surface area contributed by atoms with E-state index in [2.05, 4.69) is 23.5 Å². The van der Waals surface area contributed by atoms with Crippen molar-refractivity contribution in [3.63, 3.8) is 0 Å². The van der Waals surface area contributed by atoms with Gasteiger partial charge >= 0.3 is 0 Å². The molecular formula is C31H35N5O4. The van der Waals surface area contributed by atoms with Gasteiger partial charge in [0.1, 0.15) is 17.0 Å². The van der Waals surface area contributed by atoms with E-state index in [0.717, 1.165) is 57.1 Å². The SMILES string of the molecule is CCc1ccc2c(C3=NN(CCCOc4ccc(C5=NNC(=O)CC5C)cc4)C(=O)CC3C)ccc(OC)c2n1. The minimum atomic E-state index is -0.0609. The maximum atomic E-state index is 12.8. The Morgan fingerprint density at radius 2 is 1.75 bits per heavy atom. The van der Waals surface area contributed by atoms with Gasteiger partial charge in [0.2, 0.25) is 11.8 Å². The second-order valence-electron chi connectivity index (χ2n) is 10.3. The van der Waals surface area contributed by atoms with Crippen LogP contribution in [0.3, 0.4) is 0 Å². The highest BCUT2D eigenvalue weighted by atomic mass is 16.5. The van der Waals surface area contributed by atoms with Crippen LogP contribution in [0, 0.1) is 11.8 Å². The molecule has 9 nitrogen and oxygen atoms in total. The predicted molar refractivity (Wildman–Crippen MR) is 155 cm³/mol. The van der Waals surface area contributed by atoms with Gasteiger partial charge in [-0.3, -0.25) is 9.59 Å². The summed E-state index contributed by atoms with van der Waals surface area (Å²) in [4.78, 5) is 29.2. The van der Waals surface area contributed by atoms with Crippen molar-refractivity contribution in [2.24, 2.45) is 22.0 Å². The fourth-order valence-electron chi connectivity index (χ4n) is 5.19. The van der Waals surface area contributed by atoms with Crippen LogP contribution in [0.1, 0.15) is 56.9 Å². The predicted octanol–water partition coefficient (Wildman–Crippen LogP) is 4.71.